The van der Waals surface area contributed by atoms with Gasteiger partial charge in [-0.15, -0.1) is 0 Å². The SMILES string of the molecule is CCOc1ccccc1N(CC(=O)Nc1ccccc1Cl)C(C)=O. The molecule has 1 N–H and O–H groups in total. The quantitative estimate of drug-likeness (QED) is 0.867. The first-order chi connectivity index (χ1) is 11.5. The Balaban J connectivity index is 2.19. The molecular weight excluding hydrogens is 328 g/mol. The van der Waals surface area contributed by atoms with Gasteiger partial charge in [0.2, 0.25) is 11.8 Å². The van der Waals surface area contributed by atoms with Crippen molar-refractivity contribution in [3.05, 3.63) is 53.6 Å². The number of nitrogens with one attached hydrogen (secondary N) is 1. The second kappa shape index (κ2) is 8.36. The van der Waals surface area contributed by atoms with Crippen LogP contribution in [0.4, 0.5) is 11.4 Å². The van der Waals surface area contributed by atoms with E-state index in [4.69, 9.17) is 16.3 Å². The third kappa shape index (κ3) is 4.49. The van der Waals surface area contributed by atoms with E-state index >= 15 is 0 Å². The lowest BCUT2D eigenvalue weighted by molar-refractivity contribution is -0.120. The van der Waals surface area contributed by atoms with Crippen LogP contribution in [0.5, 0.6) is 5.75 Å². The summed E-state index contributed by atoms with van der Waals surface area (Å²) >= 11 is 6.04. The molecule has 24 heavy (non-hydrogen) atoms. The summed E-state index contributed by atoms with van der Waals surface area (Å²) < 4.78 is 5.54. The number of para-hydroxylation sites is 3. The van der Waals surface area contributed by atoms with Crippen LogP contribution in [0, 0.1) is 0 Å². The maximum absolute atomic E-state index is 12.3. The summed E-state index contributed by atoms with van der Waals surface area (Å²) in [5.74, 6) is -0.0400. The van der Waals surface area contributed by atoms with Crippen LogP contribution in [-0.4, -0.2) is 25.0 Å². The number of amides is 2. The van der Waals surface area contributed by atoms with Crippen LogP contribution in [0.3, 0.4) is 0 Å². The van der Waals surface area contributed by atoms with E-state index in [0.717, 1.165) is 0 Å². The number of hydrogen-bond donors (Lipinski definition) is 1. The summed E-state index contributed by atoms with van der Waals surface area (Å²) in [7, 11) is 0. The van der Waals surface area contributed by atoms with Crippen LogP contribution < -0.4 is 15.0 Å². The van der Waals surface area contributed by atoms with Crippen LogP contribution in [0.25, 0.3) is 0 Å². The molecule has 2 rings (SSSR count). The van der Waals surface area contributed by atoms with E-state index in [0.29, 0.717) is 28.8 Å². The molecule has 5 nitrogen and oxygen atoms in total. The molecule has 2 amide bonds. The average Bonchev–Trinajstić information content (AvgIpc) is 2.56. The molecule has 0 aromatic heterocycles. The maximum atomic E-state index is 12.3. The number of carbonyl (C=O) groups is 2. The fourth-order valence-corrected chi connectivity index (χ4v) is 2.40. The molecule has 0 unspecified atom stereocenters. The minimum absolute atomic E-state index is 0.134. The monoisotopic (exact) mass is 346 g/mol. The van der Waals surface area contributed by atoms with Crippen molar-refractivity contribution >= 4 is 34.8 Å². The molecule has 126 valence electrons. The number of nitrogens with zero attached hydrogens (tertiary/aromatic N) is 1. The van der Waals surface area contributed by atoms with Gasteiger partial charge in [-0.2, -0.15) is 0 Å². The van der Waals surface area contributed by atoms with Gasteiger partial charge in [0, 0.05) is 6.92 Å². The van der Waals surface area contributed by atoms with Gasteiger partial charge in [-0.05, 0) is 31.2 Å². The molecule has 0 saturated heterocycles. The van der Waals surface area contributed by atoms with Crippen molar-refractivity contribution in [1.82, 2.24) is 0 Å². The van der Waals surface area contributed by atoms with Crippen molar-refractivity contribution in [2.45, 2.75) is 13.8 Å². The van der Waals surface area contributed by atoms with Crippen molar-refractivity contribution in [2.75, 3.05) is 23.4 Å². The Morgan fingerprint density at radius 2 is 1.79 bits per heavy atom. The molecule has 0 aliphatic carbocycles. The second-order valence-corrected chi connectivity index (χ2v) is 5.44. The van der Waals surface area contributed by atoms with Crippen LogP contribution in [0.1, 0.15) is 13.8 Å². The van der Waals surface area contributed by atoms with Crippen LogP contribution >= 0.6 is 11.6 Å². The molecule has 0 heterocycles. The third-order valence-corrected chi connectivity index (χ3v) is 3.62. The van der Waals surface area contributed by atoms with Crippen molar-refractivity contribution in [2.24, 2.45) is 0 Å². The van der Waals surface area contributed by atoms with Crippen molar-refractivity contribution in [1.29, 1.82) is 0 Å². The Bertz CT molecular complexity index is 734. The molecule has 6 heteroatoms. The van der Waals surface area contributed by atoms with E-state index in [9.17, 15) is 9.59 Å². The Morgan fingerprint density at radius 3 is 2.46 bits per heavy atom. The summed E-state index contributed by atoms with van der Waals surface area (Å²) in [6.07, 6.45) is 0. The van der Waals surface area contributed by atoms with E-state index in [-0.39, 0.29) is 18.4 Å². The lowest BCUT2D eigenvalue weighted by atomic mass is 10.2. The van der Waals surface area contributed by atoms with E-state index in [1.807, 2.05) is 13.0 Å². The molecule has 2 aromatic carbocycles. The minimum Gasteiger partial charge on any atom is -0.492 e. The zero-order valence-corrected chi connectivity index (χ0v) is 14.3. The highest BCUT2D eigenvalue weighted by Gasteiger charge is 2.19. The number of ether oxygens (including phenoxy) is 1. The summed E-state index contributed by atoms with van der Waals surface area (Å²) in [6, 6.07) is 14.1. The molecule has 0 spiro atoms. The zero-order valence-electron chi connectivity index (χ0n) is 13.6. The normalized spacial score (nSPS) is 10.1. The first-order valence-corrected chi connectivity index (χ1v) is 7.95. The van der Waals surface area contributed by atoms with E-state index in [1.54, 1.807) is 42.5 Å². The molecule has 0 aliphatic rings. The predicted octanol–water partition coefficient (Wildman–Crippen LogP) is 3.73. The number of halogens is 1. The fraction of sp³-hybridized carbons (Fsp3) is 0.222. The third-order valence-electron chi connectivity index (χ3n) is 3.29. The molecule has 0 bridgehead atoms. The summed E-state index contributed by atoms with van der Waals surface area (Å²) in [5.41, 5.74) is 1.06. The first kappa shape index (κ1) is 17.8. The smallest absolute Gasteiger partial charge is 0.244 e. The number of rotatable bonds is 6. The topological polar surface area (TPSA) is 58.6 Å². The lowest BCUT2D eigenvalue weighted by Gasteiger charge is -2.23. The van der Waals surface area contributed by atoms with E-state index in [2.05, 4.69) is 5.32 Å². The standard InChI is InChI=1S/C18H19ClN2O3/c1-3-24-17-11-7-6-10-16(17)21(13(2)22)12-18(23)20-15-9-5-4-8-14(15)19/h4-11H,3,12H2,1-2H3,(H,20,23). The Labute approximate surface area is 146 Å². The van der Waals surface area contributed by atoms with Crippen LogP contribution in [-0.2, 0) is 9.59 Å². The number of anilines is 2. The summed E-state index contributed by atoms with van der Waals surface area (Å²) in [5, 5.41) is 3.15. The van der Waals surface area contributed by atoms with E-state index in [1.165, 1.54) is 11.8 Å². The van der Waals surface area contributed by atoms with E-state index < -0.39 is 0 Å². The summed E-state index contributed by atoms with van der Waals surface area (Å²) in [6.45, 7) is 3.60. The minimum atomic E-state index is -0.343. The fourth-order valence-electron chi connectivity index (χ4n) is 2.22. The van der Waals surface area contributed by atoms with Gasteiger partial charge in [0.15, 0.2) is 0 Å². The Morgan fingerprint density at radius 1 is 1.12 bits per heavy atom. The van der Waals surface area contributed by atoms with Gasteiger partial charge in [0.1, 0.15) is 12.3 Å². The van der Waals surface area contributed by atoms with Gasteiger partial charge in [0.05, 0.1) is 23.0 Å². The first-order valence-electron chi connectivity index (χ1n) is 7.57. The molecule has 0 aliphatic heterocycles. The zero-order chi connectivity index (χ0) is 17.5. The van der Waals surface area contributed by atoms with Gasteiger partial charge in [0.25, 0.3) is 0 Å². The largest absolute Gasteiger partial charge is 0.492 e. The van der Waals surface area contributed by atoms with Crippen molar-refractivity contribution < 1.29 is 14.3 Å². The number of hydrogen-bond acceptors (Lipinski definition) is 3. The Hall–Kier alpha value is -2.53. The van der Waals surface area contributed by atoms with Gasteiger partial charge in [-0.25, -0.2) is 0 Å². The molecular formula is C18H19ClN2O3. The molecule has 0 atom stereocenters. The average molecular weight is 347 g/mol. The second-order valence-electron chi connectivity index (χ2n) is 5.03. The highest BCUT2D eigenvalue weighted by molar-refractivity contribution is 6.33. The maximum Gasteiger partial charge on any atom is 0.244 e. The highest BCUT2D eigenvalue weighted by Crippen LogP contribution is 2.28. The van der Waals surface area contributed by atoms with Crippen LogP contribution in [0.2, 0.25) is 5.02 Å². The molecule has 0 radical (unpaired) electrons. The number of carbonyl (C=O) groups excluding carboxylic acids is 2. The van der Waals surface area contributed by atoms with Gasteiger partial charge in [-0.1, -0.05) is 35.9 Å². The highest BCUT2D eigenvalue weighted by atomic mass is 35.5. The predicted molar refractivity (Wildman–Crippen MR) is 95.7 cm³/mol. The van der Waals surface area contributed by atoms with Crippen LogP contribution in [0.15, 0.2) is 48.5 Å². The summed E-state index contributed by atoms with van der Waals surface area (Å²) in [4.78, 5) is 25.7. The lowest BCUT2D eigenvalue weighted by Crippen LogP contribution is -2.37. The van der Waals surface area contributed by atoms with Crippen molar-refractivity contribution in [3.63, 3.8) is 0 Å². The Kier molecular flexibility index (Phi) is 6.21. The van der Waals surface area contributed by atoms with Gasteiger partial charge in [-0.3, -0.25) is 14.5 Å². The van der Waals surface area contributed by atoms with Crippen molar-refractivity contribution in [3.8, 4) is 5.75 Å². The molecule has 0 fully saturated rings. The molecule has 2 aromatic rings. The number of benzene rings is 2. The van der Waals surface area contributed by atoms with Gasteiger partial charge >= 0.3 is 0 Å². The van der Waals surface area contributed by atoms with Gasteiger partial charge < -0.3 is 10.1 Å². The molecule has 0 saturated carbocycles.